The molecule has 0 unspecified atom stereocenters. The van der Waals surface area contributed by atoms with Crippen LogP contribution in [0.2, 0.25) is 0 Å². The average molecular weight is 399 g/mol. The number of rotatable bonds is 6. The van der Waals surface area contributed by atoms with E-state index in [0.717, 1.165) is 9.75 Å². The molecule has 2 aromatic rings. The predicted octanol–water partition coefficient (Wildman–Crippen LogP) is 3.50. The molecule has 116 valence electrons. The molecule has 0 saturated heterocycles. The molecule has 1 aliphatic heterocycles. The van der Waals surface area contributed by atoms with Crippen LogP contribution in [0.5, 0.6) is 0 Å². The van der Waals surface area contributed by atoms with Crippen molar-refractivity contribution in [3.05, 3.63) is 57.2 Å². The third-order valence-corrected chi connectivity index (χ3v) is 4.96. The quantitative estimate of drug-likeness (QED) is 0.698. The highest BCUT2D eigenvalue weighted by molar-refractivity contribution is 8.93. The summed E-state index contributed by atoms with van der Waals surface area (Å²) in [5.41, 5.74) is 0. The summed E-state index contributed by atoms with van der Waals surface area (Å²) in [5.74, 6) is 0.224. The van der Waals surface area contributed by atoms with Crippen LogP contribution in [0, 0.1) is 0 Å². The number of nitrogens with zero attached hydrogens (tertiary/aromatic N) is 2. The van der Waals surface area contributed by atoms with Gasteiger partial charge >= 0.3 is 0 Å². The fraction of sp³-hybridized carbons (Fsp3) is 0.200. The Bertz CT molecular complexity index is 597. The minimum Gasteiger partial charge on any atom is -0.351 e. The highest BCUT2D eigenvalue weighted by atomic mass is 79.9. The molecule has 0 N–H and O–H groups in total. The van der Waals surface area contributed by atoms with Crippen LogP contribution >= 0.6 is 39.7 Å². The topological polar surface area (TPSA) is 40.6 Å². The minimum atomic E-state index is 0. The Balaban J connectivity index is 0.00000176. The molecule has 1 aliphatic rings. The van der Waals surface area contributed by atoms with Gasteiger partial charge in [-0.15, -0.1) is 39.7 Å². The van der Waals surface area contributed by atoms with Crippen molar-refractivity contribution in [2.45, 2.75) is 0 Å². The summed E-state index contributed by atoms with van der Waals surface area (Å²) in [6.07, 6.45) is 3.74. The monoisotopic (exact) mass is 398 g/mol. The van der Waals surface area contributed by atoms with E-state index in [1.165, 1.54) is 22.7 Å². The van der Waals surface area contributed by atoms with E-state index < -0.39 is 0 Å². The van der Waals surface area contributed by atoms with Crippen LogP contribution in [-0.2, 0) is 0 Å². The van der Waals surface area contributed by atoms with Crippen molar-refractivity contribution in [2.24, 2.45) is 0 Å². The first-order chi connectivity index (χ1) is 10.2. The molecule has 0 atom stereocenters. The van der Waals surface area contributed by atoms with Crippen molar-refractivity contribution < 1.29 is 9.59 Å². The number of carbonyl (C=O) groups excluding carboxylic acids is 2. The summed E-state index contributed by atoms with van der Waals surface area (Å²) in [6.45, 7) is 1.27. The first-order valence-corrected chi connectivity index (χ1v) is 8.28. The number of ketones is 2. The molecule has 0 fully saturated rings. The van der Waals surface area contributed by atoms with Crippen molar-refractivity contribution in [1.82, 2.24) is 9.80 Å². The number of hydrogen-bond acceptors (Lipinski definition) is 6. The van der Waals surface area contributed by atoms with E-state index in [4.69, 9.17) is 0 Å². The molecule has 0 saturated carbocycles. The van der Waals surface area contributed by atoms with Crippen molar-refractivity contribution in [3.8, 4) is 0 Å². The van der Waals surface area contributed by atoms with Crippen LogP contribution in [0.25, 0.3) is 0 Å². The van der Waals surface area contributed by atoms with Crippen LogP contribution in [0.3, 0.4) is 0 Å². The molecular weight excluding hydrogens is 384 g/mol. The lowest BCUT2D eigenvalue weighted by atomic mass is 10.3. The van der Waals surface area contributed by atoms with Crippen molar-refractivity contribution >= 4 is 51.2 Å². The second kappa shape index (κ2) is 7.71. The summed E-state index contributed by atoms with van der Waals surface area (Å²) in [5, 5.41) is 3.80. The zero-order valence-corrected chi connectivity index (χ0v) is 15.0. The average Bonchev–Trinajstić information content (AvgIpc) is 3.22. The Morgan fingerprint density at radius 3 is 1.73 bits per heavy atom. The van der Waals surface area contributed by atoms with Gasteiger partial charge in [0.2, 0.25) is 0 Å². The number of halogens is 1. The molecule has 3 heterocycles. The molecule has 0 aromatic carbocycles. The Morgan fingerprint density at radius 2 is 1.36 bits per heavy atom. The largest absolute Gasteiger partial charge is 0.351 e. The molecule has 2 aromatic heterocycles. The summed E-state index contributed by atoms with van der Waals surface area (Å²) in [4.78, 5) is 29.4. The Hall–Kier alpha value is -1.44. The fourth-order valence-electron chi connectivity index (χ4n) is 2.12. The fourth-order valence-corrected chi connectivity index (χ4v) is 3.43. The van der Waals surface area contributed by atoms with E-state index >= 15 is 0 Å². The van der Waals surface area contributed by atoms with E-state index in [1.54, 1.807) is 0 Å². The number of Topliss-reactive ketones (excluding diaryl/α,β-unsaturated/α-hetero) is 2. The standard InChI is InChI=1S/C15H14N2O2S2.BrH/c18-12(14-3-1-7-20-14)9-16-5-6-17(11-16)10-13(19)15-4-2-8-21-15;/h1-8H,9-11H2;1H. The molecule has 0 radical (unpaired) electrons. The molecule has 3 rings (SSSR count). The second-order valence-electron chi connectivity index (χ2n) is 4.73. The smallest absolute Gasteiger partial charge is 0.192 e. The van der Waals surface area contributed by atoms with E-state index in [2.05, 4.69) is 0 Å². The first kappa shape index (κ1) is 16.9. The Labute approximate surface area is 147 Å². The predicted molar refractivity (Wildman–Crippen MR) is 95.0 cm³/mol. The van der Waals surface area contributed by atoms with Crippen molar-refractivity contribution in [3.63, 3.8) is 0 Å². The molecule has 0 bridgehead atoms. The Morgan fingerprint density at radius 1 is 0.909 bits per heavy atom. The first-order valence-electron chi connectivity index (χ1n) is 6.52. The van der Waals surface area contributed by atoms with Gasteiger partial charge in [0.1, 0.15) is 0 Å². The molecule has 0 aliphatic carbocycles. The SMILES string of the molecule is Br.O=C(CN1C=CN(CC(=O)c2cccs2)C1)c1cccs1. The summed E-state index contributed by atoms with van der Waals surface area (Å²) >= 11 is 2.91. The molecule has 0 amide bonds. The maximum atomic E-state index is 12.0. The van der Waals surface area contributed by atoms with Crippen LogP contribution in [0.15, 0.2) is 47.4 Å². The lowest BCUT2D eigenvalue weighted by Gasteiger charge is -2.19. The van der Waals surface area contributed by atoms with Gasteiger partial charge in [-0.1, -0.05) is 12.1 Å². The third-order valence-electron chi connectivity index (χ3n) is 3.14. The summed E-state index contributed by atoms with van der Waals surface area (Å²) < 4.78 is 0. The van der Waals surface area contributed by atoms with E-state index in [-0.39, 0.29) is 28.5 Å². The van der Waals surface area contributed by atoms with E-state index in [9.17, 15) is 9.59 Å². The number of thiophene rings is 2. The van der Waals surface area contributed by atoms with Gasteiger partial charge in [-0.3, -0.25) is 9.59 Å². The van der Waals surface area contributed by atoms with Gasteiger partial charge in [-0.05, 0) is 22.9 Å². The van der Waals surface area contributed by atoms with Crippen LogP contribution in [0.4, 0.5) is 0 Å². The van der Waals surface area contributed by atoms with Gasteiger partial charge in [-0.25, -0.2) is 0 Å². The molecule has 4 nitrogen and oxygen atoms in total. The van der Waals surface area contributed by atoms with Gasteiger partial charge in [0.15, 0.2) is 11.6 Å². The van der Waals surface area contributed by atoms with Crippen LogP contribution in [0.1, 0.15) is 19.3 Å². The van der Waals surface area contributed by atoms with Gasteiger partial charge < -0.3 is 9.80 Å². The van der Waals surface area contributed by atoms with Gasteiger partial charge in [-0.2, -0.15) is 0 Å². The van der Waals surface area contributed by atoms with E-state index in [0.29, 0.717) is 19.8 Å². The maximum Gasteiger partial charge on any atom is 0.192 e. The maximum absolute atomic E-state index is 12.0. The molecular formula is C15H15BrN2O2S2. The van der Waals surface area contributed by atoms with Gasteiger partial charge in [0, 0.05) is 12.4 Å². The molecule has 7 heteroatoms. The number of carbonyl (C=O) groups is 2. The molecule has 0 spiro atoms. The van der Waals surface area contributed by atoms with Crippen LogP contribution < -0.4 is 0 Å². The zero-order valence-electron chi connectivity index (χ0n) is 11.7. The van der Waals surface area contributed by atoms with Crippen molar-refractivity contribution in [2.75, 3.05) is 19.8 Å². The van der Waals surface area contributed by atoms with Crippen LogP contribution in [-0.4, -0.2) is 41.1 Å². The minimum absolute atomic E-state index is 0. The van der Waals surface area contributed by atoms with Gasteiger partial charge in [0.05, 0.1) is 29.5 Å². The highest BCUT2D eigenvalue weighted by Crippen LogP contribution is 2.15. The lowest BCUT2D eigenvalue weighted by molar-refractivity contribution is 0.0925. The summed E-state index contributed by atoms with van der Waals surface area (Å²) in [6, 6.07) is 7.43. The van der Waals surface area contributed by atoms with E-state index in [1.807, 2.05) is 57.2 Å². The summed E-state index contributed by atoms with van der Waals surface area (Å²) in [7, 11) is 0. The molecule has 22 heavy (non-hydrogen) atoms. The van der Waals surface area contributed by atoms with Gasteiger partial charge in [0.25, 0.3) is 0 Å². The Kier molecular flexibility index (Phi) is 5.93. The third kappa shape index (κ3) is 4.06. The highest BCUT2D eigenvalue weighted by Gasteiger charge is 2.19. The van der Waals surface area contributed by atoms with Crippen molar-refractivity contribution in [1.29, 1.82) is 0 Å². The lowest BCUT2D eigenvalue weighted by Crippen LogP contribution is -2.32. The number of hydrogen-bond donors (Lipinski definition) is 0. The second-order valence-corrected chi connectivity index (χ2v) is 6.63. The normalized spacial score (nSPS) is 13.3. The zero-order chi connectivity index (χ0) is 14.7.